The maximum absolute atomic E-state index is 6.50. The molecule has 1 heterocycles. The average molecular weight is 385 g/mol. The zero-order valence-corrected chi connectivity index (χ0v) is 16.1. The SMILES string of the molecule is NCCC1CC=CN1c1ccc(Oc2cccc(OCC3CC3)c2)c(Cl)c1. The molecule has 0 saturated heterocycles. The van der Waals surface area contributed by atoms with E-state index < -0.39 is 0 Å². The summed E-state index contributed by atoms with van der Waals surface area (Å²) < 4.78 is 11.8. The highest BCUT2D eigenvalue weighted by atomic mass is 35.5. The van der Waals surface area contributed by atoms with Gasteiger partial charge in [-0.25, -0.2) is 0 Å². The fourth-order valence-corrected chi connectivity index (χ4v) is 3.51. The third kappa shape index (κ3) is 4.57. The van der Waals surface area contributed by atoms with E-state index >= 15 is 0 Å². The summed E-state index contributed by atoms with van der Waals surface area (Å²) in [4.78, 5) is 2.23. The molecule has 1 aliphatic heterocycles. The first-order valence-electron chi connectivity index (χ1n) is 9.58. The van der Waals surface area contributed by atoms with E-state index in [-0.39, 0.29) is 0 Å². The average Bonchev–Trinajstić information content (AvgIpc) is 3.39. The van der Waals surface area contributed by atoms with Gasteiger partial charge in [0.2, 0.25) is 0 Å². The van der Waals surface area contributed by atoms with Crippen LogP contribution in [0.3, 0.4) is 0 Å². The molecular formula is C22H25ClN2O2. The molecule has 1 atom stereocenters. The lowest BCUT2D eigenvalue weighted by Crippen LogP contribution is -2.28. The summed E-state index contributed by atoms with van der Waals surface area (Å²) in [6.45, 7) is 1.46. The Morgan fingerprint density at radius 2 is 1.96 bits per heavy atom. The van der Waals surface area contributed by atoms with E-state index in [0.29, 0.717) is 23.4 Å². The molecule has 142 valence electrons. The highest BCUT2D eigenvalue weighted by Gasteiger charge is 2.22. The number of nitrogens with zero attached hydrogens (tertiary/aromatic N) is 1. The van der Waals surface area contributed by atoms with Gasteiger partial charge in [-0.3, -0.25) is 0 Å². The maximum Gasteiger partial charge on any atom is 0.146 e. The van der Waals surface area contributed by atoms with Gasteiger partial charge in [-0.2, -0.15) is 0 Å². The van der Waals surface area contributed by atoms with Gasteiger partial charge in [-0.1, -0.05) is 23.7 Å². The summed E-state index contributed by atoms with van der Waals surface area (Å²) in [6, 6.07) is 14.0. The zero-order valence-electron chi connectivity index (χ0n) is 15.3. The Morgan fingerprint density at radius 1 is 1.11 bits per heavy atom. The van der Waals surface area contributed by atoms with E-state index in [1.807, 2.05) is 42.5 Å². The molecule has 2 aromatic carbocycles. The van der Waals surface area contributed by atoms with Crippen LogP contribution in [0, 0.1) is 5.92 Å². The van der Waals surface area contributed by atoms with Gasteiger partial charge in [-0.05, 0) is 68.5 Å². The quantitative estimate of drug-likeness (QED) is 0.665. The number of anilines is 1. The minimum absolute atomic E-state index is 0.401. The molecule has 2 N–H and O–H groups in total. The summed E-state index contributed by atoms with van der Waals surface area (Å²) in [5, 5.41) is 0.587. The van der Waals surface area contributed by atoms with Crippen LogP contribution >= 0.6 is 11.6 Å². The summed E-state index contributed by atoms with van der Waals surface area (Å²) >= 11 is 6.50. The lowest BCUT2D eigenvalue weighted by Gasteiger charge is -2.26. The first-order chi connectivity index (χ1) is 13.2. The van der Waals surface area contributed by atoms with E-state index in [9.17, 15) is 0 Å². The van der Waals surface area contributed by atoms with Crippen LogP contribution in [0.25, 0.3) is 0 Å². The Bertz CT molecular complexity index is 820. The minimum Gasteiger partial charge on any atom is -0.493 e. The third-order valence-electron chi connectivity index (χ3n) is 5.00. The number of benzene rings is 2. The lowest BCUT2D eigenvalue weighted by atomic mass is 10.1. The molecule has 4 nitrogen and oxygen atoms in total. The number of halogens is 1. The Labute approximate surface area is 165 Å². The Morgan fingerprint density at radius 3 is 2.74 bits per heavy atom. The van der Waals surface area contributed by atoms with Crippen LogP contribution in [0.15, 0.2) is 54.7 Å². The maximum atomic E-state index is 6.50. The predicted octanol–water partition coefficient (Wildman–Crippen LogP) is 5.36. The summed E-state index contributed by atoms with van der Waals surface area (Å²) in [6.07, 6.45) is 8.79. The molecule has 1 unspecified atom stereocenters. The zero-order chi connectivity index (χ0) is 18.6. The second kappa shape index (κ2) is 8.24. The van der Waals surface area contributed by atoms with Crippen molar-refractivity contribution in [2.45, 2.75) is 31.7 Å². The van der Waals surface area contributed by atoms with Gasteiger partial charge in [-0.15, -0.1) is 0 Å². The number of ether oxygens (including phenoxy) is 2. The minimum atomic E-state index is 0.401. The van der Waals surface area contributed by atoms with Crippen molar-refractivity contribution in [1.82, 2.24) is 0 Å². The Balaban J connectivity index is 1.45. The van der Waals surface area contributed by atoms with Gasteiger partial charge in [0.15, 0.2) is 0 Å². The van der Waals surface area contributed by atoms with Crippen LogP contribution in [-0.2, 0) is 0 Å². The van der Waals surface area contributed by atoms with Crippen molar-refractivity contribution in [3.05, 3.63) is 59.8 Å². The predicted molar refractivity (Wildman–Crippen MR) is 110 cm³/mol. The molecule has 2 aromatic rings. The number of nitrogens with two attached hydrogens (primary N) is 1. The van der Waals surface area contributed by atoms with Crippen molar-refractivity contribution in [1.29, 1.82) is 0 Å². The van der Waals surface area contributed by atoms with Crippen molar-refractivity contribution in [3.63, 3.8) is 0 Å². The smallest absolute Gasteiger partial charge is 0.146 e. The molecule has 2 aliphatic rings. The molecule has 0 spiro atoms. The first-order valence-corrected chi connectivity index (χ1v) is 9.96. The molecule has 5 heteroatoms. The van der Waals surface area contributed by atoms with E-state index in [2.05, 4.69) is 17.2 Å². The van der Waals surface area contributed by atoms with Crippen molar-refractivity contribution in [2.75, 3.05) is 18.1 Å². The Hall–Kier alpha value is -2.17. The third-order valence-corrected chi connectivity index (χ3v) is 5.29. The number of hydrogen-bond donors (Lipinski definition) is 1. The van der Waals surface area contributed by atoms with Crippen LogP contribution < -0.4 is 20.1 Å². The van der Waals surface area contributed by atoms with Gasteiger partial charge in [0.25, 0.3) is 0 Å². The molecule has 0 radical (unpaired) electrons. The van der Waals surface area contributed by atoms with E-state index in [0.717, 1.165) is 42.6 Å². The van der Waals surface area contributed by atoms with Crippen LogP contribution in [0.2, 0.25) is 5.02 Å². The molecule has 1 aliphatic carbocycles. The van der Waals surface area contributed by atoms with Gasteiger partial charge >= 0.3 is 0 Å². The van der Waals surface area contributed by atoms with Crippen LogP contribution in [-0.4, -0.2) is 19.2 Å². The van der Waals surface area contributed by atoms with Gasteiger partial charge in [0, 0.05) is 24.0 Å². The molecular weight excluding hydrogens is 360 g/mol. The molecule has 4 rings (SSSR count). The van der Waals surface area contributed by atoms with Crippen LogP contribution in [0.1, 0.15) is 25.7 Å². The molecule has 0 bridgehead atoms. The van der Waals surface area contributed by atoms with E-state index in [1.165, 1.54) is 12.8 Å². The first kappa shape index (κ1) is 18.2. The standard InChI is InChI=1S/C22H25ClN2O2/c23-21-13-18(25-12-2-3-17(25)10-11-24)8-9-22(21)27-20-5-1-4-19(14-20)26-15-16-6-7-16/h1-2,4-5,8-9,12-14,16-17H,3,6-7,10-11,15,24H2. The molecule has 1 saturated carbocycles. The topological polar surface area (TPSA) is 47.7 Å². The number of rotatable bonds is 8. The van der Waals surface area contributed by atoms with Gasteiger partial charge in [0.1, 0.15) is 17.2 Å². The highest BCUT2D eigenvalue weighted by molar-refractivity contribution is 6.32. The van der Waals surface area contributed by atoms with Crippen molar-refractivity contribution in [3.8, 4) is 17.2 Å². The summed E-state index contributed by atoms with van der Waals surface area (Å²) in [5.41, 5.74) is 6.79. The highest BCUT2D eigenvalue weighted by Crippen LogP contribution is 2.36. The molecule has 27 heavy (non-hydrogen) atoms. The van der Waals surface area contributed by atoms with Crippen LogP contribution in [0.5, 0.6) is 17.2 Å². The normalized spacial score (nSPS) is 18.7. The summed E-state index contributed by atoms with van der Waals surface area (Å²) in [5.74, 6) is 2.91. The summed E-state index contributed by atoms with van der Waals surface area (Å²) in [7, 11) is 0. The molecule has 0 aromatic heterocycles. The second-order valence-corrected chi connectivity index (χ2v) is 7.61. The van der Waals surface area contributed by atoms with Crippen molar-refractivity contribution >= 4 is 17.3 Å². The lowest BCUT2D eigenvalue weighted by molar-refractivity contribution is 0.298. The van der Waals surface area contributed by atoms with Gasteiger partial charge < -0.3 is 20.1 Å². The Kier molecular flexibility index (Phi) is 5.55. The fourth-order valence-electron chi connectivity index (χ4n) is 3.30. The molecule has 1 fully saturated rings. The second-order valence-electron chi connectivity index (χ2n) is 7.20. The van der Waals surface area contributed by atoms with Crippen LogP contribution in [0.4, 0.5) is 5.69 Å². The van der Waals surface area contributed by atoms with E-state index in [1.54, 1.807) is 0 Å². The molecule has 0 amide bonds. The largest absolute Gasteiger partial charge is 0.493 e. The van der Waals surface area contributed by atoms with Crippen molar-refractivity contribution < 1.29 is 9.47 Å². The van der Waals surface area contributed by atoms with E-state index in [4.69, 9.17) is 26.8 Å². The monoisotopic (exact) mass is 384 g/mol. The fraction of sp³-hybridized carbons (Fsp3) is 0.364. The number of hydrogen-bond acceptors (Lipinski definition) is 4. The van der Waals surface area contributed by atoms with Crippen molar-refractivity contribution in [2.24, 2.45) is 11.7 Å². The van der Waals surface area contributed by atoms with Gasteiger partial charge in [0.05, 0.1) is 11.6 Å².